The Morgan fingerprint density at radius 2 is 0.519 bits per heavy atom. The maximum atomic E-state index is 12.1. The number of carbonyl (C=O) groups excluding carboxylic acids is 6. The molecule has 1 radical (unpaired) electrons. The van der Waals surface area contributed by atoms with Crippen LogP contribution in [-0.2, 0) is 9.59 Å². The monoisotopic (exact) mass is 945 g/mol. The number of hydrogen-bond donors (Lipinski definition) is 0. The number of hydrogen-bond acceptors (Lipinski definition) is 12. The molecule has 0 spiro atoms. The normalized spacial score (nSPS) is 12.1. The molecule has 0 aliphatic heterocycles. The summed E-state index contributed by atoms with van der Waals surface area (Å²) in [4.78, 5) is 72.5. The molecule has 0 amide bonds. The van der Waals surface area contributed by atoms with Crippen LogP contribution in [0.3, 0.4) is 0 Å². The second-order valence-corrected chi connectivity index (χ2v) is 11.7. The van der Waals surface area contributed by atoms with Crippen molar-refractivity contribution >= 4 is 146 Å². The molecule has 241 valence electrons. The third-order valence-electron chi connectivity index (χ3n) is 5.93. The number of aliphatic carboxylic acids is 2. The molecule has 0 fully saturated rings. The fourth-order valence-corrected chi connectivity index (χ4v) is 7.73. The van der Waals surface area contributed by atoms with Crippen molar-refractivity contribution in [3.8, 4) is 0 Å². The van der Waals surface area contributed by atoms with Crippen LogP contribution < -0.4 is 208 Å². The Kier molecular flexibility index (Phi) is 29.7. The summed E-state index contributed by atoms with van der Waals surface area (Å²) >= 11 is 55.5. The number of carboxylic acids is 6. The first-order chi connectivity index (χ1) is 21.1. The van der Waals surface area contributed by atoms with Crippen LogP contribution in [0.5, 0.6) is 0 Å². The number of allylic oxidation sites excluding steroid dienone is 3. The van der Waals surface area contributed by atoms with Gasteiger partial charge >= 0.3 is 177 Å². The Hall–Kier alpha value is 3.09. The molecule has 0 atom stereocenters. The Morgan fingerprint density at radius 3 is 0.692 bits per heavy atom. The Labute approximate surface area is 469 Å². The van der Waals surface area contributed by atoms with Crippen molar-refractivity contribution in [3.05, 3.63) is 95.7 Å². The maximum absolute atomic E-state index is 12.1. The van der Waals surface area contributed by atoms with Crippen LogP contribution in [0.1, 0.15) is 52.6 Å². The van der Waals surface area contributed by atoms with Crippen molar-refractivity contribution in [3.63, 3.8) is 0 Å². The summed E-state index contributed by atoms with van der Waals surface area (Å²) in [5.41, 5.74) is -13.0. The summed E-state index contributed by atoms with van der Waals surface area (Å²) in [5.74, 6) is -13.8. The van der Waals surface area contributed by atoms with E-state index in [9.17, 15) is 59.4 Å². The van der Waals surface area contributed by atoms with Gasteiger partial charge in [-0.25, -0.2) is 0 Å². The average molecular weight is 949 g/mol. The standard InChI is InChI=1S/C25H6Cl9O12.6Na/c26-11-2(12(27)6(21(37)38)17(32)5(11)20(35)36)1(3-13(28)7(22(39)40)18(33)8(14(3)29)23(41)42)4-15(30)9(24(43)44)19(34)10(16(4)31)25(45)46;;;;;;/h(H,35,36)(H,37,38)(H,39,40)(H,41,42)(H,43,44)(H,45,46);;;;;;/q;6*+1/p-6. The molecule has 0 N–H and O–H groups in total. The van der Waals surface area contributed by atoms with E-state index < -0.39 is 137 Å². The maximum Gasteiger partial charge on any atom is 1.00 e. The fourth-order valence-electron chi connectivity index (χ4n) is 4.10. The van der Waals surface area contributed by atoms with E-state index in [1.807, 2.05) is 0 Å². The topological polar surface area (TPSA) is 241 Å². The third-order valence-corrected chi connectivity index (χ3v) is 9.33. The molecule has 1 aliphatic carbocycles. The van der Waals surface area contributed by atoms with Crippen molar-refractivity contribution in [2.45, 2.75) is 0 Å². The molecule has 1 aliphatic rings. The molecular weight excluding hydrogens is 949 g/mol. The van der Waals surface area contributed by atoms with Gasteiger partial charge in [0.25, 0.3) is 0 Å². The second-order valence-electron chi connectivity index (χ2n) is 8.30. The van der Waals surface area contributed by atoms with Crippen molar-refractivity contribution < 1.29 is 237 Å². The zero-order valence-corrected chi connectivity index (χ0v) is 45.6. The van der Waals surface area contributed by atoms with Gasteiger partial charge in [0.1, 0.15) is 5.38 Å². The molecule has 3 rings (SSSR count). The summed E-state index contributed by atoms with van der Waals surface area (Å²) in [6.45, 7) is 0. The van der Waals surface area contributed by atoms with E-state index >= 15 is 0 Å². The molecule has 0 unspecified atom stereocenters. The van der Waals surface area contributed by atoms with Crippen molar-refractivity contribution in [2.24, 2.45) is 0 Å². The minimum Gasteiger partial charge on any atom is -0.545 e. The van der Waals surface area contributed by atoms with Crippen LogP contribution >= 0.6 is 104 Å². The summed E-state index contributed by atoms with van der Waals surface area (Å²) in [7, 11) is 0. The van der Waals surface area contributed by atoms with E-state index in [0.29, 0.717) is 0 Å². The van der Waals surface area contributed by atoms with Gasteiger partial charge in [0.15, 0.2) is 0 Å². The van der Waals surface area contributed by atoms with Gasteiger partial charge in [-0.3, -0.25) is 0 Å². The molecule has 0 saturated carbocycles. The van der Waals surface area contributed by atoms with Gasteiger partial charge in [-0.05, 0) is 0 Å². The minimum atomic E-state index is -2.30. The van der Waals surface area contributed by atoms with Crippen molar-refractivity contribution in [2.75, 3.05) is 0 Å². The summed E-state index contributed by atoms with van der Waals surface area (Å²) in [6, 6.07) is 0. The van der Waals surface area contributed by atoms with Gasteiger partial charge in [0, 0.05) is 55.7 Å². The van der Waals surface area contributed by atoms with Crippen LogP contribution in [0.15, 0.2) is 26.8 Å². The first-order valence-corrected chi connectivity index (χ1v) is 14.3. The molecule has 0 aromatic heterocycles. The molecule has 27 heteroatoms. The number of carboxylic acid groups (broad SMARTS) is 6. The van der Waals surface area contributed by atoms with E-state index in [-0.39, 0.29) is 177 Å². The summed E-state index contributed by atoms with van der Waals surface area (Å²) < 4.78 is 0. The predicted molar refractivity (Wildman–Crippen MR) is 151 cm³/mol. The van der Waals surface area contributed by atoms with Crippen LogP contribution in [0.2, 0.25) is 30.1 Å². The molecule has 0 heterocycles. The predicted octanol–water partition coefficient (Wildman–Crippen LogP) is -17.8. The molecule has 2 aromatic carbocycles. The summed E-state index contributed by atoms with van der Waals surface area (Å²) in [5, 5.41) is 61.5. The Balaban J connectivity index is -0.00000192. The average Bonchev–Trinajstić information content (AvgIpc) is 2.86. The van der Waals surface area contributed by atoms with Crippen LogP contribution in [-0.4, -0.2) is 35.8 Å². The molecule has 12 nitrogen and oxygen atoms in total. The molecule has 0 saturated heterocycles. The zero-order valence-electron chi connectivity index (χ0n) is 26.8. The van der Waals surface area contributed by atoms with E-state index in [2.05, 4.69) is 0 Å². The number of aromatic carboxylic acids is 4. The number of halogens is 9. The largest absolute Gasteiger partial charge is 1.00 e. The molecular formula is C25Cl9Na6O12. The second kappa shape index (κ2) is 25.0. The van der Waals surface area contributed by atoms with Gasteiger partial charge in [-0.15, -0.1) is 11.6 Å². The third kappa shape index (κ3) is 11.7. The summed E-state index contributed by atoms with van der Waals surface area (Å²) in [6.07, 6.45) is 0. The number of benzene rings is 2. The minimum absolute atomic E-state index is 0. The SMILES string of the molecule is O=C([O-])C1=C(Cl)C(=C(c2c(Cl)c(C(=O)[O-])c(Cl)c(C(=O)[O-])c2Cl)c2c(Cl)c(C(=O)[O-])c(Cl)c(C(=O)[O-])c2Cl)C(Cl)=C(C(=O)[O-])[C]1Cl.[Na+].[Na+].[Na+].[Na+].[Na+].[Na+]. The van der Waals surface area contributed by atoms with Crippen LogP contribution in [0, 0.1) is 5.38 Å². The van der Waals surface area contributed by atoms with Gasteiger partial charge in [-0.2, -0.15) is 0 Å². The van der Waals surface area contributed by atoms with Gasteiger partial charge in [0.2, 0.25) is 0 Å². The molecule has 52 heavy (non-hydrogen) atoms. The Bertz CT molecular complexity index is 1770. The van der Waals surface area contributed by atoms with E-state index in [0.717, 1.165) is 0 Å². The number of carbonyl (C=O) groups is 6. The first kappa shape index (κ1) is 61.7. The van der Waals surface area contributed by atoms with E-state index in [1.54, 1.807) is 0 Å². The number of rotatable bonds is 8. The molecule has 2 aromatic rings. The van der Waals surface area contributed by atoms with Crippen molar-refractivity contribution in [1.29, 1.82) is 0 Å². The van der Waals surface area contributed by atoms with Crippen LogP contribution in [0.4, 0.5) is 0 Å². The van der Waals surface area contributed by atoms with Crippen molar-refractivity contribution in [1.82, 2.24) is 0 Å². The van der Waals surface area contributed by atoms with E-state index in [1.165, 1.54) is 0 Å². The quantitative estimate of drug-likeness (QED) is 0.224. The zero-order chi connectivity index (χ0) is 35.4. The van der Waals surface area contributed by atoms with Gasteiger partial charge in [0.05, 0.1) is 76.0 Å². The van der Waals surface area contributed by atoms with Gasteiger partial charge < -0.3 is 59.4 Å². The van der Waals surface area contributed by atoms with Gasteiger partial charge in [-0.1, -0.05) is 92.8 Å². The van der Waals surface area contributed by atoms with Crippen LogP contribution in [0.25, 0.3) is 5.57 Å². The molecule has 0 bridgehead atoms. The van der Waals surface area contributed by atoms with E-state index in [4.69, 9.17) is 104 Å². The Morgan fingerprint density at radius 1 is 0.327 bits per heavy atom. The smallest absolute Gasteiger partial charge is 0.545 e. The fraction of sp³-hybridized carbons (Fsp3) is 0. The first-order valence-electron chi connectivity index (χ1n) is 10.9.